The average molecular weight is 108 g/mol. The van der Waals surface area contributed by atoms with Gasteiger partial charge in [-0.3, -0.25) is 0 Å². The van der Waals surface area contributed by atoms with E-state index in [2.05, 4.69) is 26.8 Å². The van der Waals surface area contributed by atoms with Gasteiger partial charge in [-0.05, 0) is 38.3 Å². The Morgan fingerprint density at radius 1 is 1.50 bits per heavy atom. The van der Waals surface area contributed by atoms with Crippen molar-refractivity contribution in [1.82, 2.24) is 0 Å². The third-order valence-corrected chi connectivity index (χ3v) is 1.58. The predicted octanol–water partition coefficient (Wildman–Crippen LogP) is 2.67. The molecule has 1 aliphatic carbocycles. The van der Waals surface area contributed by atoms with Crippen LogP contribution in [0.15, 0.2) is 22.8 Å². The highest BCUT2D eigenvalue weighted by molar-refractivity contribution is 5.52. The molecule has 44 valence electrons. The van der Waals surface area contributed by atoms with Crippen molar-refractivity contribution < 1.29 is 0 Å². The molecule has 0 radical (unpaired) electrons. The van der Waals surface area contributed by atoms with Gasteiger partial charge in [-0.1, -0.05) is 11.6 Å². The Hall–Kier alpha value is -0.520. The minimum absolute atomic E-state index is 1.25. The molecular weight excluding hydrogens is 96.1 g/mol. The highest BCUT2D eigenvalue weighted by Crippen LogP contribution is 2.38. The van der Waals surface area contributed by atoms with E-state index in [1.165, 1.54) is 12.0 Å². The lowest BCUT2D eigenvalue weighted by Crippen LogP contribution is -1.57. The molecule has 1 fully saturated rings. The van der Waals surface area contributed by atoms with E-state index in [1.54, 1.807) is 11.1 Å². The second-order valence-corrected chi connectivity index (χ2v) is 2.47. The summed E-state index contributed by atoms with van der Waals surface area (Å²) in [6.07, 6.45) is 3.45. The highest BCUT2D eigenvalue weighted by atomic mass is 14.2. The van der Waals surface area contributed by atoms with Crippen molar-refractivity contribution in [3.05, 3.63) is 22.8 Å². The van der Waals surface area contributed by atoms with Gasteiger partial charge < -0.3 is 0 Å². The first-order chi connectivity index (χ1) is 3.75. The van der Waals surface area contributed by atoms with E-state index in [9.17, 15) is 0 Å². The quantitative estimate of drug-likeness (QED) is 0.447. The summed E-state index contributed by atoms with van der Waals surface area (Å²) in [5, 5.41) is 0. The molecule has 0 atom stereocenters. The fraction of sp³-hybridized carbons (Fsp3) is 0.500. The van der Waals surface area contributed by atoms with Crippen molar-refractivity contribution in [2.45, 2.75) is 27.2 Å². The van der Waals surface area contributed by atoms with Crippen molar-refractivity contribution in [3.8, 4) is 0 Å². The van der Waals surface area contributed by atoms with Gasteiger partial charge >= 0.3 is 0 Å². The van der Waals surface area contributed by atoms with Crippen LogP contribution < -0.4 is 0 Å². The first-order valence-electron chi connectivity index (χ1n) is 3.07. The van der Waals surface area contributed by atoms with Crippen LogP contribution in [0.25, 0.3) is 0 Å². The molecular formula is C8H12. The Kier molecular flexibility index (Phi) is 1.24. The molecule has 1 saturated carbocycles. The normalized spacial score (nSPS) is 21.9. The summed E-state index contributed by atoms with van der Waals surface area (Å²) < 4.78 is 0. The van der Waals surface area contributed by atoms with Crippen LogP contribution in [0.1, 0.15) is 27.2 Å². The van der Waals surface area contributed by atoms with Crippen LogP contribution in [0.5, 0.6) is 0 Å². The smallest absolute Gasteiger partial charge is 0.00241 e. The zero-order valence-corrected chi connectivity index (χ0v) is 5.78. The Balaban J connectivity index is 2.74. The van der Waals surface area contributed by atoms with E-state index in [0.29, 0.717) is 0 Å². The molecule has 0 aromatic heterocycles. The van der Waals surface area contributed by atoms with Gasteiger partial charge in [-0.2, -0.15) is 0 Å². The van der Waals surface area contributed by atoms with Gasteiger partial charge in [0.2, 0.25) is 0 Å². The second kappa shape index (κ2) is 1.77. The molecule has 0 amide bonds. The third-order valence-electron chi connectivity index (χ3n) is 1.58. The number of rotatable bonds is 0. The van der Waals surface area contributed by atoms with E-state index >= 15 is 0 Å². The highest BCUT2D eigenvalue weighted by Gasteiger charge is 2.19. The average Bonchev–Trinajstić information content (AvgIpc) is 2.42. The topological polar surface area (TPSA) is 0 Å². The summed E-state index contributed by atoms with van der Waals surface area (Å²) in [5.74, 6) is 0. The van der Waals surface area contributed by atoms with E-state index < -0.39 is 0 Å². The minimum Gasteiger partial charge on any atom is -0.0838 e. The molecule has 1 rings (SSSR count). The molecule has 0 saturated heterocycles. The van der Waals surface area contributed by atoms with Crippen LogP contribution in [0, 0.1) is 0 Å². The van der Waals surface area contributed by atoms with Gasteiger partial charge in [0.1, 0.15) is 0 Å². The number of hydrogen-bond acceptors (Lipinski definition) is 0. The Morgan fingerprint density at radius 2 is 2.12 bits per heavy atom. The Morgan fingerprint density at radius 3 is 2.25 bits per heavy atom. The predicted molar refractivity (Wildman–Crippen MR) is 36.7 cm³/mol. The first kappa shape index (κ1) is 5.61. The molecule has 0 N–H and O–H groups in total. The fourth-order valence-corrected chi connectivity index (χ4v) is 0.920. The fourth-order valence-electron chi connectivity index (χ4n) is 0.920. The van der Waals surface area contributed by atoms with Crippen molar-refractivity contribution >= 4 is 0 Å². The molecule has 0 nitrogen and oxygen atoms in total. The summed E-state index contributed by atoms with van der Waals surface area (Å²) in [6.45, 7) is 6.45. The zero-order chi connectivity index (χ0) is 6.15. The molecule has 0 heterocycles. The molecule has 0 aromatic carbocycles. The Labute approximate surface area is 50.9 Å². The van der Waals surface area contributed by atoms with E-state index in [-0.39, 0.29) is 0 Å². The maximum atomic E-state index is 2.20. The van der Waals surface area contributed by atoms with E-state index in [4.69, 9.17) is 0 Å². The zero-order valence-electron chi connectivity index (χ0n) is 5.78. The van der Waals surface area contributed by atoms with Gasteiger partial charge in [-0.15, -0.1) is 0 Å². The van der Waals surface area contributed by atoms with Crippen LogP contribution >= 0.6 is 0 Å². The molecule has 0 spiro atoms. The standard InChI is InChI=1S/C8H12/c1-4-7-5-8(7)6(2)3/h4H,5H2,1-3H3. The summed E-state index contributed by atoms with van der Waals surface area (Å²) in [4.78, 5) is 0. The molecule has 8 heavy (non-hydrogen) atoms. The molecule has 0 heteroatoms. The van der Waals surface area contributed by atoms with E-state index in [1.807, 2.05) is 0 Å². The summed E-state index contributed by atoms with van der Waals surface area (Å²) in [7, 11) is 0. The van der Waals surface area contributed by atoms with Gasteiger partial charge in [0.15, 0.2) is 0 Å². The van der Waals surface area contributed by atoms with Crippen molar-refractivity contribution in [3.63, 3.8) is 0 Å². The van der Waals surface area contributed by atoms with Crippen LogP contribution in [0.3, 0.4) is 0 Å². The number of allylic oxidation sites excluding steroid dienone is 4. The minimum atomic E-state index is 1.25. The molecule has 1 aliphatic rings. The second-order valence-electron chi connectivity index (χ2n) is 2.47. The largest absolute Gasteiger partial charge is 0.0838 e. The van der Waals surface area contributed by atoms with Gasteiger partial charge in [0.25, 0.3) is 0 Å². The number of hydrogen-bond donors (Lipinski definition) is 0. The van der Waals surface area contributed by atoms with Crippen LogP contribution in [0.4, 0.5) is 0 Å². The van der Waals surface area contributed by atoms with Crippen LogP contribution in [-0.2, 0) is 0 Å². The van der Waals surface area contributed by atoms with Gasteiger partial charge in [0.05, 0.1) is 0 Å². The SMILES string of the molecule is CC=C1CC1=C(C)C. The lowest BCUT2D eigenvalue weighted by atomic mass is 10.3. The molecule has 0 aliphatic heterocycles. The summed E-state index contributed by atoms with van der Waals surface area (Å²) in [6, 6.07) is 0. The first-order valence-corrected chi connectivity index (χ1v) is 3.07. The monoisotopic (exact) mass is 108 g/mol. The van der Waals surface area contributed by atoms with Crippen LogP contribution in [0.2, 0.25) is 0 Å². The molecule has 0 unspecified atom stereocenters. The maximum absolute atomic E-state index is 2.20. The van der Waals surface area contributed by atoms with E-state index in [0.717, 1.165) is 0 Å². The lowest BCUT2D eigenvalue weighted by Gasteiger charge is -1.78. The molecule has 0 bridgehead atoms. The maximum Gasteiger partial charge on any atom is -0.00241 e. The van der Waals surface area contributed by atoms with Crippen molar-refractivity contribution in [1.29, 1.82) is 0 Å². The van der Waals surface area contributed by atoms with Crippen LogP contribution in [-0.4, -0.2) is 0 Å². The van der Waals surface area contributed by atoms with Crippen molar-refractivity contribution in [2.75, 3.05) is 0 Å². The summed E-state index contributed by atoms with van der Waals surface area (Å²) >= 11 is 0. The lowest BCUT2D eigenvalue weighted by molar-refractivity contribution is 1.36. The third kappa shape index (κ3) is 0.835. The summed E-state index contributed by atoms with van der Waals surface area (Å²) in [5.41, 5.74) is 4.61. The van der Waals surface area contributed by atoms with Crippen molar-refractivity contribution in [2.24, 2.45) is 0 Å². The Bertz CT molecular complexity index is 155. The van der Waals surface area contributed by atoms with Gasteiger partial charge in [0, 0.05) is 0 Å². The molecule has 0 aromatic rings. The van der Waals surface area contributed by atoms with Gasteiger partial charge in [-0.25, -0.2) is 0 Å².